The summed E-state index contributed by atoms with van der Waals surface area (Å²) in [5.74, 6) is 3.26. The minimum Gasteiger partial charge on any atom is -0.368 e. The second kappa shape index (κ2) is 9.37. The Hall–Kier alpha value is -3.16. The van der Waals surface area contributed by atoms with E-state index in [9.17, 15) is 4.79 Å². The van der Waals surface area contributed by atoms with Gasteiger partial charge in [0, 0.05) is 48.8 Å². The number of urea groups is 1. The molecule has 1 aromatic heterocycles. The average Bonchev–Trinajstić information content (AvgIpc) is 2.82. The Morgan fingerprint density at radius 2 is 1.50 bits per heavy atom. The first-order chi connectivity index (χ1) is 17.4. The molecule has 190 valence electrons. The van der Waals surface area contributed by atoms with E-state index in [-0.39, 0.29) is 11.6 Å². The third-order valence-electron chi connectivity index (χ3n) is 8.52. The summed E-state index contributed by atoms with van der Waals surface area (Å²) in [6.45, 7) is 7.12. The molecule has 0 unspecified atom stereocenters. The predicted molar refractivity (Wildman–Crippen MR) is 141 cm³/mol. The first kappa shape index (κ1) is 23.3. The number of nitrogens with one attached hydrogen (secondary N) is 2. The third-order valence-corrected chi connectivity index (χ3v) is 8.52. The number of aliphatic imine (C=N–C) groups is 1. The Kier molecular flexibility index (Phi) is 6.05. The number of benzene rings is 1. The van der Waals surface area contributed by atoms with Gasteiger partial charge in [0.2, 0.25) is 5.96 Å². The summed E-state index contributed by atoms with van der Waals surface area (Å²) < 4.78 is 0. The van der Waals surface area contributed by atoms with Gasteiger partial charge in [-0.25, -0.2) is 14.8 Å². The highest BCUT2D eigenvalue weighted by Crippen LogP contribution is 2.55. The molecule has 5 aliphatic rings. The molecule has 1 saturated heterocycles. The fraction of sp³-hybridized carbons (Fsp3) is 0.571. The Morgan fingerprint density at radius 1 is 0.917 bits per heavy atom. The van der Waals surface area contributed by atoms with Crippen LogP contribution in [0.2, 0.25) is 0 Å². The molecule has 2 aromatic rings. The van der Waals surface area contributed by atoms with Crippen LogP contribution >= 0.6 is 0 Å². The molecule has 0 radical (unpaired) electrons. The number of nitrogens with zero attached hydrogens (tertiary/aromatic N) is 5. The van der Waals surface area contributed by atoms with Gasteiger partial charge in [0.15, 0.2) is 0 Å². The van der Waals surface area contributed by atoms with E-state index >= 15 is 0 Å². The molecule has 36 heavy (non-hydrogen) atoms. The van der Waals surface area contributed by atoms with Gasteiger partial charge >= 0.3 is 6.03 Å². The highest BCUT2D eigenvalue weighted by molar-refractivity contribution is 5.97. The minimum absolute atomic E-state index is 0.0492. The van der Waals surface area contributed by atoms with Crippen LogP contribution in [0, 0.1) is 31.6 Å². The van der Waals surface area contributed by atoms with Gasteiger partial charge in [-0.05, 0) is 88.3 Å². The van der Waals surface area contributed by atoms with E-state index in [4.69, 9.17) is 4.99 Å². The van der Waals surface area contributed by atoms with Crippen LogP contribution in [0.4, 0.5) is 16.4 Å². The molecule has 2 N–H and O–H groups in total. The van der Waals surface area contributed by atoms with E-state index < -0.39 is 0 Å². The molecule has 5 fully saturated rings. The molecule has 1 aliphatic heterocycles. The number of piperazine rings is 1. The molecule has 2 amide bonds. The van der Waals surface area contributed by atoms with Gasteiger partial charge in [-0.2, -0.15) is 4.99 Å². The van der Waals surface area contributed by atoms with Gasteiger partial charge in [0.25, 0.3) is 5.95 Å². The number of rotatable bonds is 3. The quantitative estimate of drug-likeness (QED) is 0.501. The van der Waals surface area contributed by atoms with E-state index in [0.717, 1.165) is 74.6 Å². The maximum absolute atomic E-state index is 13.4. The monoisotopic (exact) mass is 487 g/mol. The molecule has 7 rings (SSSR count). The van der Waals surface area contributed by atoms with E-state index in [1.807, 2.05) is 26.0 Å². The van der Waals surface area contributed by atoms with Gasteiger partial charge in [0.05, 0.1) is 0 Å². The number of amides is 2. The molecular formula is C28H37N7O. The fourth-order valence-corrected chi connectivity index (χ4v) is 7.48. The SMILES string of the molecule is Cc1cc(C)nc(/N=C(/NC(=O)NC23CC4CC(CC(C4)C2)C3)N2CCN(c3ccccc3)CC2)n1. The Labute approximate surface area is 213 Å². The lowest BCUT2D eigenvalue weighted by Gasteiger charge is -2.56. The van der Waals surface area contributed by atoms with Crippen molar-refractivity contribution in [2.45, 2.75) is 57.9 Å². The second-order valence-corrected chi connectivity index (χ2v) is 11.5. The lowest BCUT2D eigenvalue weighted by Crippen LogP contribution is -2.63. The average molecular weight is 488 g/mol. The summed E-state index contributed by atoms with van der Waals surface area (Å²) in [5, 5.41) is 6.56. The van der Waals surface area contributed by atoms with Crippen LogP contribution in [0.15, 0.2) is 41.4 Å². The summed E-state index contributed by atoms with van der Waals surface area (Å²) in [5.41, 5.74) is 2.91. The fourth-order valence-electron chi connectivity index (χ4n) is 7.48. The number of carbonyl (C=O) groups is 1. The summed E-state index contributed by atoms with van der Waals surface area (Å²) >= 11 is 0. The van der Waals surface area contributed by atoms with Crippen LogP contribution in [-0.2, 0) is 0 Å². The summed E-state index contributed by atoms with van der Waals surface area (Å²) in [6.07, 6.45) is 7.42. The molecule has 4 aliphatic carbocycles. The second-order valence-electron chi connectivity index (χ2n) is 11.5. The third kappa shape index (κ3) is 4.90. The Morgan fingerprint density at radius 3 is 2.08 bits per heavy atom. The van der Waals surface area contributed by atoms with Crippen molar-refractivity contribution in [2.75, 3.05) is 31.1 Å². The molecule has 0 spiro atoms. The van der Waals surface area contributed by atoms with Crippen LogP contribution in [0.3, 0.4) is 0 Å². The van der Waals surface area contributed by atoms with Gasteiger partial charge in [0.1, 0.15) is 0 Å². The van der Waals surface area contributed by atoms with Crippen LogP contribution in [0.5, 0.6) is 0 Å². The smallest absolute Gasteiger partial charge is 0.321 e. The van der Waals surface area contributed by atoms with Crippen molar-refractivity contribution in [3.05, 3.63) is 47.8 Å². The lowest BCUT2D eigenvalue weighted by atomic mass is 9.53. The van der Waals surface area contributed by atoms with Crippen LogP contribution in [0.25, 0.3) is 0 Å². The molecule has 0 atom stereocenters. The van der Waals surface area contributed by atoms with Crippen molar-refractivity contribution in [1.29, 1.82) is 0 Å². The Balaban J connectivity index is 1.19. The van der Waals surface area contributed by atoms with Crippen LogP contribution in [0.1, 0.15) is 49.9 Å². The number of carbonyl (C=O) groups excluding carboxylic acids is 1. The molecule has 8 heteroatoms. The number of hydrogen-bond donors (Lipinski definition) is 2. The van der Waals surface area contributed by atoms with Gasteiger partial charge in [-0.1, -0.05) is 18.2 Å². The summed E-state index contributed by atoms with van der Waals surface area (Å²) in [7, 11) is 0. The number of aryl methyl sites for hydroxylation is 2. The summed E-state index contributed by atoms with van der Waals surface area (Å²) in [6, 6.07) is 12.3. The minimum atomic E-state index is -0.148. The molecule has 8 nitrogen and oxygen atoms in total. The number of hydrogen-bond acceptors (Lipinski definition) is 5. The van der Waals surface area contributed by atoms with E-state index in [2.05, 4.69) is 54.7 Å². The van der Waals surface area contributed by atoms with E-state index in [1.54, 1.807) is 0 Å². The van der Waals surface area contributed by atoms with Crippen molar-refractivity contribution in [1.82, 2.24) is 25.5 Å². The van der Waals surface area contributed by atoms with Crippen molar-refractivity contribution >= 4 is 23.6 Å². The van der Waals surface area contributed by atoms with Crippen molar-refractivity contribution < 1.29 is 4.79 Å². The van der Waals surface area contributed by atoms with E-state index in [1.165, 1.54) is 24.9 Å². The number of para-hydroxylation sites is 1. The largest absolute Gasteiger partial charge is 0.368 e. The zero-order chi connectivity index (χ0) is 24.7. The Bertz CT molecular complexity index is 1080. The van der Waals surface area contributed by atoms with Crippen molar-refractivity contribution in [3.8, 4) is 0 Å². The van der Waals surface area contributed by atoms with Gasteiger partial charge in [-0.3, -0.25) is 5.32 Å². The lowest BCUT2D eigenvalue weighted by molar-refractivity contribution is -0.0133. The van der Waals surface area contributed by atoms with Crippen molar-refractivity contribution in [3.63, 3.8) is 0 Å². The predicted octanol–water partition coefficient (Wildman–Crippen LogP) is 4.17. The normalized spacial score (nSPS) is 29.4. The number of guanidine groups is 1. The molecular weight excluding hydrogens is 450 g/mol. The highest BCUT2D eigenvalue weighted by Gasteiger charge is 2.51. The zero-order valence-electron chi connectivity index (χ0n) is 21.4. The number of aromatic nitrogens is 2. The molecule has 2 heterocycles. The maximum Gasteiger partial charge on any atom is 0.321 e. The zero-order valence-corrected chi connectivity index (χ0v) is 21.4. The van der Waals surface area contributed by atoms with Crippen LogP contribution < -0.4 is 15.5 Å². The number of anilines is 1. The topological polar surface area (TPSA) is 85.7 Å². The maximum atomic E-state index is 13.4. The molecule has 4 bridgehead atoms. The molecule has 4 saturated carbocycles. The highest BCUT2D eigenvalue weighted by atomic mass is 16.2. The van der Waals surface area contributed by atoms with Gasteiger partial charge in [-0.15, -0.1) is 0 Å². The van der Waals surface area contributed by atoms with Crippen LogP contribution in [-0.4, -0.2) is 58.6 Å². The van der Waals surface area contributed by atoms with Gasteiger partial charge < -0.3 is 15.1 Å². The van der Waals surface area contributed by atoms with Crippen molar-refractivity contribution in [2.24, 2.45) is 22.7 Å². The first-order valence-corrected chi connectivity index (χ1v) is 13.5. The molecule has 1 aromatic carbocycles. The standard InChI is InChI=1S/C28H37N7O/c1-19-12-20(2)30-25(29-19)31-26(35-10-8-34(9-11-35)24-6-4-3-5-7-24)32-27(36)33-28-16-21-13-22(17-28)15-23(14-21)18-28/h3-7,12,21-23H,8-11,13-18H2,1-2H3,(H2,29,30,31,32,33,36). The first-order valence-electron chi connectivity index (χ1n) is 13.5. The van der Waals surface area contributed by atoms with E-state index in [0.29, 0.717) is 11.9 Å². The summed E-state index contributed by atoms with van der Waals surface area (Å²) in [4.78, 5) is 31.7.